The maximum atomic E-state index is 12.9. The lowest BCUT2D eigenvalue weighted by Crippen LogP contribution is -2.25. The third-order valence-corrected chi connectivity index (χ3v) is 4.27. The lowest BCUT2D eigenvalue weighted by atomic mass is 10.1. The van der Waals surface area contributed by atoms with Crippen LogP contribution >= 0.6 is 11.6 Å². The molecule has 0 saturated carbocycles. The minimum absolute atomic E-state index is 0.179. The van der Waals surface area contributed by atoms with Crippen LogP contribution in [0.2, 0.25) is 5.02 Å². The summed E-state index contributed by atoms with van der Waals surface area (Å²) in [4.78, 5) is 16.4. The molecule has 1 amide bonds. The van der Waals surface area contributed by atoms with Gasteiger partial charge < -0.3 is 10.6 Å². The summed E-state index contributed by atoms with van der Waals surface area (Å²) in [5.74, 6) is -0.445. The Labute approximate surface area is 162 Å². The Bertz CT molecular complexity index is 898. The van der Waals surface area contributed by atoms with Gasteiger partial charge in [0.15, 0.2) is 0 Å². The van der Waals surface area contributed by atoms with Gasteiger partial charge in [0.1, 0.15) is 5.82 Å². The number of benzene rings is 2. The second-order valence-corrected chi connectivity index (χ2v) is 6.51. The number of nitrogens with one attached hydrogen (secondary N) is 2. The third-order valence-electron chi connectivity index (χ3n) is 4.02. The summed E-state index contributed by atoms with van der Waals surface area (Å²) >= 11 is 5.86. The largest absolute Gasteiger partial charge is 0.380 e. The van der Waals surface area contributed by atoms with Crippen LogP contribution in [0.5, 0.6) is 0 Å². The fourth-order valence-corrected chi connectivity index (χ4v) is 2.67. The second kappa shape index (κ2) is 9.14. The maximum absolute atomic E-state index is 12.9. The molecule has 27 heavy (non-hydrogen) atoms. The van der Waals surface area contributed by atoms with Gasteiger partial charge in [0.05, 0.1) is 11.3 Å². The predicted octanol–water partition coefficient (Wildman–Crippen LogP) is 4.46. The summed E-state index contributed by atoms with van der Waals surface area (Å²) in [6.45, 7) is 1.04. The molecule has 0 atom stereocenters. The van der Waals surface area contributed by atoms with Crippen molar-refractivity contribution in [1.82, 2.24) is 10.3 Å². The number of amides is 1. The molecule has 0 unspecified atom stereocenters. The van der Waals surface area contributed by atoms with Crippen molar-refractivity contribution in [2.45, 2.75) is 13.0 Å². The molecule has 4 nitrogen and oxygen atoms in total. The molecular weight excluding hydrogens is 365 g/mol. The van der Waals surface area contributed by atoms with Crippen molar-refractivity contribution in [3.63, 3.8) is 0 Å². The van der Waals surface area contributed by atoms with E-state index in [-0.39, 0.29) is 11.7 Å². The number of aromatic nitrogens is 1. The number of halogens is 2. The number of rotatable bonds is 7. The summed E-state index contributed by atoms with van der Waals surface area (Å²) in [6.07, 6.45) is 3.90. The van der Waals surface area contributed by atoms with Gasteiger partial charge in [-0.2, -0.15) is 0 Å². The van der Waals surface area contributed by atoms with Crippen LogP contribution in [-0.4, -0.2) is 17.4 Å². The number of nitrogens with zero attached hydrogens (tertiary/aromatic N) is 1. The van der Waals surface area contributed by atoms with Gasteiger partial charge in [-0.25, -0.2) is 4.39 Å². The quantitative estimate of drug-likeness (QED) is 0.633. The van der Waals surface area contributed by atoms with E-state index in [0.29, 0.717) is 23.7 Å². The molecule has 0 aliphatic heterocycles. The standard InChI is InChI=1S/C21H19ClFN3O/c22-18-5-1-15(2-6-18)9-10-25-21(27)17-11-20(14-24-13-17)26-12-16-3-7-19(23)8-4-16/h1-8,11,13-14,26H,9-10,12H2,(H,25,27). The number of pyridine rings is 1. The number of carbonyl (C=O) groups excluding carboxylic acids is 1. The van der Waals surface area contributed by atoms with E-state index in [0.717, 1.165) is 23.2 Å². The van der Waals surface area contributed by atoms with Crippen molar-refractivity contribution in [3.8, 4) is 0 Å². The van der Waals surface area contributed by atoms with Gasteiger partial charge in [-0.3, -0.25) is 9.78 Å². The summed E-state index contributed by atoms with van der Waals surface area (Å²) in [7, 11) is 0. The number of carbonyl (C=O) groups is 1. The minimum Gasteiger partial charge on any atom is -0.380 e. The van der Waals surface area contributed by atoms with Crippen LogP contribution < -0.4 is 10.6 Å². The molecule has 0 aliphatic carbocycles. The second-order valence-electron chi connectivity index (χ2n) is 6.07. The average molecular weight is 384 g/mol. The molecule has 0 saturated heterocycles. The first kappa shape index (κ1) is 18.9. The Hall–Kier alpha value is -2.92. The molecule has 138 valence electrons. The Morgan fingerprint density at radius 2 is 1.70 bits per heavy atom. The topological polar surface area (TPSA) is 54.0 Å². The van der Waals surface area contributed by atoms with E-state index >= 15 is 0 Å². The van der Waals surface area contributed by atoms with Crippen LogP contribution in [0.3, 0.4) is 0 Å². The van der Waals surface area contributed by atoms with E-state index in [1.54, 1.807) is 24.4 Å². The normalized spacial score (nSPS) is 10.4. The molecule has 0 bridgehead atoms. The summed E-state index contributed by atoms with van der Waals surface area (Å²) in [5.41, 5.74) is 3.25. The van der Waals surface area contributed by atoms with Crippen LogP contribution in [0.4, 0.5) is 10.1 Å². The van der Waals surface area contributed by atoms with Crippen LogP contribution in [0.25, 0.3) is 0 Å². The molecule has 1 heterocycles. The van der Waals surface area contributed by atoms with Crippen LogP contribution in [0, 0.1) is 5.82 Å². The summed E-state index contributed by atoms with van der Waals surface area (Å²) in [6, 6.07) is 15.5. The average Bonchev–Trinajstić information content (AvgIpc) is 2.69. The van der Waals surface area contributed by atoms with E-state index < -0.39 is 0 Å². The zero-order chi connectivity index (χ0) is 19.1. The van der Waals surface area contributed by atoms with Gasteiger partial charge in [0.25, 0.3) is 5.91 Å². The van der Waals surface area contributed by atoms with Crippen molar-refractivity contribution >= 4 is 23.2 Å². The molecule has 0 spiro atoms. The smallest absolute Gasteiger partial charge is 0.252 e. The Morgan fingerprint density at radius 3 is 2.44 bits per heavy atom. The minimum atomic E-state index is -0.266. The molecular formula is C21H19ClFN3O. The first-order valence-electron chi connectivity index (χ1n) is 8.56. The molecule has 3 rings (SSSR count). The van der Waals surface area contributed by atoms with E-state index in [4.69, 9.17) is 11.6 Å². The number of hydrogen-bond donors (Lipinski definition) is 2. The number of anilines is 1. The van der Waals surface area contributed by atoms with Gasteiger partial charge in [-0.1, -0.05) is 35.9 Å². The Balaban J connectivity index is 1.51. The van der Waals surface area contributed by atoms with Crippen LogP contribution in [0.1, 0.15) is 21.5 Å². The molecule has 3 aromatic rings. The molecule has 0 fully saturated rings. The third kappa shape index (κ3) is 5.79. The van der Waals surface area contributed by atoms with Gasteiger partial charge in [0.2, 0.25) is 0 Å². The maximum Gasteiger partial charge on any atom is 0.252 e. The highest BCUT2D eigenvalue weighted by atomic mass is 35.5. The Kier molecular flexibility index (Phi) is 6.39. The highest BCUT2D eigenvalue weighted by Crippen LogP contribution is 2.12. The molecule has 0 aliphatic rings. The predicted molar refractivity (Wildman–Crippen MR) is 105 cm³/mol. The number of hydrogen-bond acceptors (Lipinski definition) is 3. The van der Waals surface area contributed by atoms with E-state index in [1.807, 2.05) is 24.3 Å². The van der Waals surface area contributed by atoms with Gasteiger partial charge in [-0.15, -0.1) is 0 Å². The van der Waals surface area contributed by atoms with E-state index in [2.05, 4.69) is 15.6 Å². The zero-order valence-corrected chi connectivity index (χ0v) is 15.3. The zero-order valence-electron chi connectivity index (χ0n) is 14.6. The lowest BCUT2D eigenvalue weighted by molar-refractivity contribution is 0.0954. The van der Waals surface area contributed by atoms with Crippen molar-refractivity contribution in [2.75, 3.05) is 11.9 Å². The SMILES string of the molecule is O=C(NCCc1ccc(Cl)cc1)c1cncc(NCc2ccc(F)cc2)c1. The molecule has 1 aromatic heterocycles. The fourth-order valence-electron chi connectivity index (χ4n) is 2.54. The van der Waals surface area contributed by atoms with Crippen molar-refractivity contribution in [3.05, 3.63) is 94.5 Å². The molecule has 2 N–H and O–H groups in total. The Morgan fingerprint density at radius 1 is 1.00 bits per heavy atom. The first-order valence-corrected chi connectivity index (χ1v) is 8.94. The van der Waals surface area contributed by atoms with Crippen molar-refractivity contribution in [2.24, 2.45) is 0 Å². The molecule has 2 aromatic carbocycles. The highest BCUT2D eigenvalue weighted by molar-refractivity contribution is 6.30. The lowest BCUT2D eigenvalue weighted by Gasteiger charge is -2.09. The monoisotopic (exact) mass is 383 g/mol. The van der Waals surface area contributed by atoms with Gasteiger partial charge in [-0.05, 0) is 47.9 Å². The highest BCUT2D eigenvalue weighted by Gasteiger charge is 2.07. The van der Waals surface area contributed by atoms with Gasteiger partial charge in [0, 0.05) is 30.5 Å². The van der Waals surface area contributed by atoms with E-state index in [9.17, 15) is 9.18 Å². The van der Waals surface area contributed by atoms with Gasteiger partial charge >= 0.3 is 0 Å². The summed E-state index contributed by atoms with van der Waals surface area (Å²) in [5, 5.41) is 6.77. The van der Waals surface area contributed by atoms with E-state index in [1.165, 1.54) is 18.3 Å². The van der Waals surface area contributed by atoms with Crippen molar-refractivity contribution in [1.29, 1.82) is 0 Å². The van der Waals surface area contributed by atoms with Crippen LogP contribution in [-0.2, 0) is 13.0 Å². The van der Waals surface area contributed by atoms with Crippen molar-refractivity contribution < 1.29 is 9.18 Å². The fraction of sp³-hybridized carbons (Fsp3) is 0.143. The molecule has 6 heteroatoms. The van der Waals surface area contributed by atoms with Crippen LogP contribution in [0.15, 0.2) is 67.0 Å². The summed E-state index contributed by atoms with van der Waals surface area (Å²) < 4.78 is 12.9. The first-order chi connectivity index (χ1) is 13.1. The molecule has 0 radical (unpaired) electrons.